The molecule has 2 aliphatic rings. The summed E-state index contributed by atoms with van der Waals surface area (Å²) in [5.74, 6) is 1.85. The van der Waals surface area contributed by atoms with E-state index in [1.54, 1.807) is 11.8 Å². The highest BCUT2D eigenvalue weighted by Crippen LogP contribution is 2.18. The Labute approximate surface area is 135 Å². The molecule has 120 valence electrons. The molecule has 0 aliphatic carbocycles. The molecule has 0 aromatic heterocycles. The molecule has 0 spiro atoms. The van der Waals surface area contributed by atoms with Crippen LogP contribution in [0.25, 0.3) is 0 Å². The largest absolute Gasteiger partial charge is 0.374 e. The Kier molecular flexibility index (Phi) is 5.58. The Hall–Kier alpha value is -1.24. The molecule has 0 saturated carbocycles. The number of hydrogen-bond acceptors (Lipinski definition) is 5. The van der Waals surface area contributed by atoms with Crippen molar-refractivity contribution >= 4 is 23.4 Å². The first-order valence-corrected chi connectivity index (χ1v) is 8.99. The van der Waals surface area contributed by atoms with Gasteiger partial charge in [0.05, 0.1) is 18.8 Å². The molecule has 1 aromatic carbocycles. The lowest BCUT2D eigenvalue weighted by Crippen LogP contribution is -2.46. The third-order valence-electron chi connectivity index (χ3n) is 4.06. The summed E-state index contributed by atoms with van der Waals surface area (Å²) >= 11 is 1.77. The molecule has 2 saturated heterocycles. The molecule has 6 heteroatoms. The zero-order valence-corrected chi connectivity index (χ0v) is 13.5. The van der Waals surface area contributed by atoms with Crippen molar-refractivity contribution in [1.82, 2.24) is 10.6 Å². The molecule has 2 aliphatic heterocycles. The fourth-order valence-corrected chi connectivity index (χ4v) is 3.75. The summed E-state index contributed by atoms with van der Waals surface area (Å²) in [7, 11) is 0. The molecule has 0 radical (unpaired) electrons. The second-order valence-electron chi connectivity index (χ2n) is 5.63. The lowest BCUT2D eigenvalue weighted by Gasteiger charge is -2.34. The minimum absolute atomic E-state index is 0.0295. The summed E-state index contributed by atoms with van der Waals surface area (Å²) in [5, 5.41) is 6.20. The Bertz CT molecular complexity index is 480. The van der Waals surface area contributed by atoms with Crippen LogP contribution in [0.3, 0.4) is 0 Å². The summed E-state index contributed by atoms with van der Waals surface area (Å²) in [6.07, 6.45) is 1.04. The summed E-state index contributed by atoms with van der Waals surface area (Å²) in [6.45, 7) is 3.23. The minimum atomic E-state index is -0.0295. The number of ether oxygens (including phenoxy) is 1. The Morgan fingerprint density at radius 1 is 1.41 bits per heavy atom. The van der Waals surface area contributed by atoms with Crippen LogP contribution in [0.2, 0.25) is 0 Å². The summed E-state index contributed by atoms with van der Waals surface area (Å²) < 4.78 is 5.82. The topological polar surface area (TPSA) is 53.6 Å². The lowest BCUT2D eigenvalue weighted by atomic mass is 10.1. The lowest BCUT2D eigenvalue weighted by molar-refractivity contribution is -0.122. The predicted molar refractivity (Wildman–Crippen MR) is 90.3 cm³/mol. The van der Waals surface area contributed by atoms with Crippen molar-refractivity contribution in [3.63, 3.8) is 0 Å². The average Bonchev–Trinajstić information content (AvgIpc) is 3.10. The quantitative estimate of drug-likeness (QED) is 0.849. The van der Waals surface area contributed by atoms with E-state index in [4.69, 9.17) is 4.74 Å². The van der Waals surface area contributed by atoms with Gasteiger partial charge < -0.3 is 15.0 Å². The monoisotopic (exact) mass is 321 g/mol. The van der Waals surface area contributed by atoms with Crippen LogP contribution < -0.4 is 15.5 Å². The fourth-order valence-electron chi connectivity index (χ4n) is 2.81. The first kappa shape index (κ1) is 15.6. The molecular formula is C16H23N3O2S. The molecule has 0 bridgehead atoms. The number of carbonyl (C=O) groups excluding carboxylic acids is 1. The number of nitrogens with zero attached hydrogens (tertiary/aromatic N) is 1. The second kappa shape index (κ2) is 7.85. The van der Waals surface area contributed by atoms with Crippen LogP contribution >= 0.6 is 11.8 Å². The van der Waals surface area contributed by atoms with Crippen LogP contribution in [-0.4, -0.2) is 55.9 Å². The van der Waals surface area contributed by atoms with Crippen LogP contribution in [0, 0.1) is 0 Å². The smallest absolute Gasteiger partial charge is 0.238 e. The average molecular weight is 321 g/mol. The van der Waals surface area contributed by atoms with Crippen molar-refractivity contribution in [2.75, 3.05) is 42.8 Å². The normalized spacial score (nSPS) is 25.2. The number of anilines is 1. The van der Waals surface area contributed by atoms with Gasteiger partial charge in [-0.3, -0.25) is 10.1 Å². The second-order valence-corrected chi connectivity index (χ2v) is 6.66. The number of rotatable bonds is 5. The maximum absolute atomic E-state index is 11.9. The molecule has 2 fully saturated rings. The molecular weight excluding hydrogens is 298 g/mol. The van der Waals surface area contributed by atoms with E-state index >= 15 is 0 Å². The zero-order valence-electron chi connectivity index (χ0n) is 12.7. The van der Waals surface area contributed by atoms with Gasteiger partial charge in [0.2, 0.25) is 5.91 Å². The molecule has 3 rings (SSSR count). The minimum Gasteiger partial charge on any atom is -0.374 e. The van der Waals surface area contributed by atoms with Crippen molar-refractivity contribution in [3.8, 4) is 0 Å². The molecule has 2 heterocycles. The van der Waals surface area contributed by atoms with Gasteiger partial charge in [-0.1, -0.05) is 18.2 Å². The van der Waals surface area contributed by atoms with Gasteiger partial charge in [0, 0.05) is 37.0 Å². The maximum Gasteiger partial charge on any atom is 0.238 e. The van der Waals surface area contributed by atoms with Gasteiger partial charge >= 0.3 is 0 Å². The number of amides is 1. The highest BCUT2D eigenvalue weighted by Gasteiger charge is 2.23. The number of hydrogen-bond donors (Lipinski definition) is 2. The Balaban J connectivity index is 1.42. The van der Waals surface area contributed by atoms with Crippen molar-refractivity contribution in [2.24, 2.45) is 0 Å². The van der Waals surface area contributed by atoms with Crippen molar-refractivity contribution in [1.29, 1.82) is 0 Å². The highest BCUT2D eigenvalue weighted by atomic mass is 32.2. The van der Waals surface area contributed by atoms with Crippen LogP contribution in [0.5, 0.6) is 0 Å². The number of benzene rings is 1. The van der Waals surface area contributed by atoms with Gasteiger partial charge in [-0.2, -0.15) is 0 Å². The SMILES string of the molecule is O=C(NCCC1CN(c2ccccc2)CCO1)C1CSCN1. The molecule has 2 atom stereocenters. The van der Waals surface area contributed by atoms with Gasteiger partial charge in [-0.15, -0.1) is 11.8 Å². The molecule has 2 N–H and O–H groups in total. The van der Waals surface area contributed by atoms with Gasteiger partial charge in [-0.05, 0) is 18.6 Å². The first-order chi connectivity index (χ1) is 10.8. The van der Waals surface area contributed by atoms with E-state index < -0.39 is 0 Å². The van der Waals surface area contributed by atoms with E-state index in [9.17, 15) is 4.79 Å². The number of para-hydroxylation sites is 1. The van der Waals surface area contributed by atoms with Crippen LogP contribution in [0.15, 0.2) is 30.3 Å². The molecule has 2 unspecified atom stereocenters. The van der Waals surface area contributed by atoms with Gasteiger partial charge in [-0.25, -0.2) is 0 Å². The van der Waals surface area contributed by atoms with E-state index in [2.05, 4.69) is 39.8 Å². The highest BCUT2D eigenvalue weighted by molar-refractivity contribution is 7.99. The summed E-state index contributed by atoms with van der Waals surface area (Å²) in [4.78, 5) is 14.3. The van der Waals surface area contributed by atoms with E-state index in [1.165, 1.54) is 5.69 Å². The zero-order chi connectivity index (χ0) is 15.2. The molecule has 5 nitrogen and oxygen atoms in total. The Morgan fingerprint density at radius 3 is 3.05 bits per heavy atom. The number of nitrogens with one attached hydrogen (secondary N) is 2. The van der Waals surface area contributed by atoms with E-state index in [-0.39, 0.29) is 18.1 Å². The van der Waals surface area contributed by atoms with E-state index in [0.717, 1.165) is 37.7 Å². The van der Waals surface area contributed by atoms with Crippen molar-refractivity contribution in [2.45, 2.75) is 18.6 Å². The number of thioether (sulfide) groups is 1. The van der Waals surface area contributed by atoms with Gasteiger partial charge in [0.25, 0.3) is 0 Å². The van der Waals surface area contributed by atoms with E-state index in [0.29, 0.717) is 6.54 Å². The van der Waals surface area contributed by atoms with Crippen molar-refractivity contribution < 1.29 is 9.53 Å². The van der Waals surface area contributed by atoms with Crippen LogP contribution in [-0.2, 0) is 9.53 Å². The summed E-state index contributed by atoms with van der Waals surface area (Å²) in [5.41, 5.74) is 1.24. The van der Waals surface area contributed by atoms with Gasteiger partial charge in [0.15, 0.2) is 0 Å². The molecule has 22 heavy (non-hydrogen) atoms. The standard InChI is InChI=1S/C16H23N3O2S/c20-16(15-11-22-12-18-15)17-7-6-14-10-19(8-9-21-14)13-4-2-1-3-5-13/h1-5,14-15,18H,6-12H2,(H,17,20). The van der Waals surface area contributed by atoms with Crippen LogP contribution in [0.1, 0.15) is 6.42 Å². The third-order valence-corrected chi connectivity index (χ3v) is 5.00. The number of carbonyl (C=O) groups is 1. The van der Waals surface area contributed by atoms with Crippen LogP contribution in [0.4, 0.5) is 5.69 Å². The van der Waals surface area contributed by atoms with Gasteiger partial charge in [0.1, 0.15) is 0 Å². The maximum atomic E-state index is 11.9. The Morgan fingerprint density at radius 2 is 2.27 bits per heavy atom. The first-order valence-electron chi connectivity index (χ1n) is 7.83. The van der Waals surface area contributed by atoms with Crippen molar-refractivity contribution in [3.05, 3.63) is 30.3 Å². The number of morpholine rings is 1. The summed E-state index contributed by atoms with van der Waals surface area (Å²) in [6, 6.07) is 10.4. The molecule has 1 aromatic rings. The molecule has 1 amide bonds. The predicted octanol–water partition coefficient (Wildman–Crippen LogP) is 1.06. The van der Waals surface area contributed by atoms with E-state index in [1.807, 2.05) is 6.07 Å². The third kappa shape index (κ3) is 4.15. The fraction of sp³-hybridized carbons (Fsp3) is 0.562.